The van der Waals surface area contributed by atoms with Crippen LogP contribution >= 0.6 is 0 Å². The van der Waals surface area contributed by atoms with Crippen molar-refractivity contribution in [3.63, 3.8) is 0 Å². The van der Waals surface area contributed by atoms with E-state index in [-0.39, 0.29) is 29.3 Å². The van der Waals surface area contributed by atoms with Crippen molar-refractivity contribution in [1.29, 1.82) is 0 Å². The summed E-state index contributed by atoms with van der Waals surface area (Å²) >= 11 is 0. The van der Waals surface area contributed by atoms with Crippen molar-refractivity contribution in [2.45, 2.75) is 19.8 Å². The molecular formula is C23H21FN6O. The van der Waals surface area contributed by atoms with Gasteiger partial charge in [0.25, 0.3) is 0 Å². The Morgan fingerprint density at radius 1 is 1.19 bits per heavy atom. The lowest BCUT2D eigenvalue weighted by molar-refractivity contribution is -0.117. The Kier molecular flexibility index (Phi) is 4.43. The van der Waals surface area contributed by atoms with Crippen LogP contribution in [0.1, 0.15) is 24.1 Å². The molecule has 1 saturated carbocycles. The zero-order valence-corrected chi connectivity index (χ0v) is 17.1. The molecule has 3 aromatic heterocycles. The van der Waals surface area contributed by atoms with Gasteiger partial charge in [-0.05, 0) is 42.0 Å². The number of aromatic nitrogens is 4. The van der Waals surface area contributed by atoms with E-state index in [4.69, 9.17) is 5.73 Å². The molecule has 0 aliphatic heterocycles. The second-order valence-corrected chi connectivity index (χ2v) is 8.04. The number of imidazole rings is 1. The lowest BCUT2D eigenvalue weighted by atomic mass is 9.98. The fourth-order valence-corrected chi connectivity index (χ4v) is 4.31. The van der Waals surface area contributed by atoms with Gasteiger partial charge in [-0.3, -0.25) is 9.78 Å². The molecule has 1 amide bonds. The number of fused-ring (bicyclic) bond motifs is 1. The number of nitrogens with two attached hydrogens (primary N) is 1. The van der Waals surface area contributed by atoms with Crippen molar-refractivity contribution >= 4 is 28.2 Å². The lowest BCUT2D eigenvalue weighted by Crippen LogP contribution is -2.16. The van der Waals surface area contributed by atoms with Crippen molar-refractivity contribution < 1.29 is 9.18 Å². The van der Waals surface area contributed by atoms with Crippen LogP contribution in [-0.4, -0.2) is 25.8 Å². The summed E-state index contributed by atoms with van der Waals surface area (Å²) in [6, 6.07) is 5.26. The summed E-state index contributed by atoms with van der Waals surface area (Å²) in [7, 11) is 0. The van der Waals surface area contributed by atoms with Gasteiger partial charge in [-0.15, -0.1) is 0 Å². The molecule has 156 valence electrons. The Morgan fingerprint density at radius 2 is 2.03 bits per heavy atom. The lowest BCUT2D eigenvalue weighted by Gasteiger charge is -2.12. The first-order chi connectivity index (χ1) is 15.0. The van der Waals surface area contributed by atoms with Crippen LogP contribution in [0.25, 0.3) is 21.9 Å². The fourth-order valence-electron chi connectivity index (χ4n) is 4.31. The van der Waals surface area contributed by atoms with E-state index >= 15 is 0 Å². The highest BCUT2D eigenvalue weighted by Gasteiger charge is 2.53. The van der Waals surface area contributed by atoms with Gasteiger partial charge in [0, 0.05) is 52.9 Å². The monoisotopic (exact) mass is 416 g/mol. The van der Waals surface area contributed by atoms with Gasteiger partial charge >= 0.3 is 0 Å². The highest BCUT2D eigenvalue weighted by molar-refractivity contribution is 6.00. The summed E-state index contributed by atoms with van der Waals surface area (Å²) < 4.78 is 15.0. The summed E-state index contributed by atoms with van der Waals surface area (Å²) in [4.78, 5) is 28.3. The molecule has 0 bridgehead atoms. The van der Waals surface area contributed by atoms with Gasteiger partial charge in [-0.25, -0.2) is 14.4 Å². The number of rotatable bonds is 4. The van der Waals surface area contributed by atoms with Crippen LogP contribution in [0.5, 0.6) is 0 Å². The third-order valence-corrected chi connectivity index (χ3v) is 6.14. The van der Waals surface area contributed by atoms with Crippen LogP contribution in [0, 0.1) is 24.6 Å². The molecule has 0 unspecified atom stereocenters. The first-order valence-electron chi connectivity index (χ1n) is 10.0. The number of halogens is 1. The van der Waals surface area contributed by atoms with Crippen molar-refractivity contribution in [1.82, 2.24) is 19.9 Å². The predicted molar refractivity (Wildman–Crippen MR) is 117 cm³/mol. The van der Waals surface area contributed by atoms with Crippen molar-refractivity contribution in [2.75, 3.05) is 11.1 Å². The third-order valence-electron chi connectivity index (χ3n) is 6.14. The first kappa shape index (κ1) is 19.2. The summed E-state index contributed by atoms with van der Waals surface area (Å²) in [6.07, 6.45) is 8.14. The smallest absolute Gasteiger partial charge is 0.229 e. The molecule has 0 saturated heterocycles. The molecule has 0 spiro atoms. The number of aryl methyl sites for hydroxylation is 1. The van der Waals surface area contributed by atoms with Crippen LogP contribution in [0.3, 0.4) is 0 Å². The van der Waals surface area contributed by atoms with Crippen LogP contribution in [0.4, 0.5) is 15.9 Å². The zero-order valence-electron chi connectivity index (χ0n) is 17.1. The van der Waals surface area contributed by atoms with E-state index in [1.165, 1.54) is 6.20 Å². The second kappa shape index (κ2) is 7.16. The van der Waals surface area contributed by atoms with Crippen molar-refractivity contribution in [2.24, 2.45) is 11.8 Å². The highest BCUT2D eigenvalue weighted by Crippen LogP contribution is 2.53. The number of carbonyl (C=O) groups is 1. The average molecular weight is 416 g/mol. The molecule has 7 nitrogen and oxygen atoms in total. The number of aromatic amines is 1. The van der Waals surface area contributed by atoms with E-state index in [2.05, 4.69) is 25.3 Å². The molecule has 4 N–H and O–H groups in total. The van der Waals surface area contributed by atoms with Gasteiger partial charge in [-0.1, -0.05) is 6.92 Å². The number of hydrogen-bond donors (Lipinski definition) is 3. The van der Waals surface area contributed by atoms with Gasteiger partial charge in [0.05, 0.1) is 17.9 Å². The number of hydrogen-bond acceptors (Lipinski definition) is 5. The van der Waals surface area contributed by atoms with Gasteiger partial charge < -0.3 is 16.0 Å². The van der Waals surface area contributed by atoms with Gasteiger partial charge in [-0.2, -0.15) is 0 Å². The molecule has 3 atom stereocenters. The van der Waals surface area contributed by atoms with Gasteiger partial charge in [0.2, 0.25) is 5.91 Å². The number of amides is 1. The fraction of sp³-hybridized carbons (Fsp3) is 0.217. The van der Waals surface area contributed by atoms with Crippen molar-refractivity contribution in [3.8, 4) is 11.1 Å². The predicted octanol–water partition coefficient (Wildman–Crippen LogP) is 4.04. The molecular weight excluding hydrogens is 395 g/mol. The van der Waals surface area contributed by atoms with E-state index in [1.54, 1.807) is 37.1 Å². The molecule has 0 radical (unpaired) electrons. The number of H-pyrrole nitrogens is 1. The maximum Gasteiger partial charge on any atom is 0.229 e. The number of carbonyl (C=O) groups excluding carboxylic acids is 1. The van der Waals surface area contributed by atoms with E-state index in [0.29, 0.717) is 27.7 Å². The molecule has 4 aromatic rings. The number of nitrogen functional groups attached to an aromatic ring is 1. The Balaban J connectivity index is 1.47. The van der Waals surface area contributed by atoms with Gasteiger partial charge in [0.1, 0.15) is 5.82 Å². The Morgan fingerprint density at radius 3 is 2.77 bits per heavy atom. The van der Waals surface area contributed by atoms with Crippen LogP contribution in [-0.2, 0) is 4.79 Å². The van der Waals surface area contributed by atoms with E-state index in [9.17, 15) is 9.18 Å². The standard InChI is InChI=1S/C23H21FN6O/c1-11-3-4-26-7-15(11)14-5-13-6-18(28-8-16(13)22(25)21(14)24)30-23(31)20-12(2)19(20)17-9-27-10-29-17/h3-10,12,19-20H,25H2,1-2H3,(H,27,29)(H,28,30,31)/t12-,19-,20+/m1/s1. The summed E-state index contributed by atoms with van der Waals surface area (Å²) in [5.74, 6) is -0.0166. The maximum absolute atomic E-state index is 15.0. The second-order valence-electron chi connectivity index (χ2n) is 8.04. The van der Waals surface area contributed by atoms with Crippen LogP contribution in [0.15, 0.2) is 49.3 Å². The number of nitrogens with zero attached hydrogens (tertiary/aromatic N) is 3. The largest absolute Gasteiger partial charge is 0.396 e. The minimum Gasteiger partial charge on any atom is -0.396 e. The molecule has 8 heteroatoms. The molecule has 1 aliphatic carbocycles. The molecule has 3 heterocycles. The van der Waals surface area contributed by atoms with E-state index < -0.39 is 5.82 Å². The molecule has 1 fully saturated rings. The number of benzene rings is 1. The van der Waals surface area contributed by atoms with E-state index in [0.717, 1.165) is 11.3 Å². The minimum atomic E-state index is -0.503. The Labute approximate surface area is 177 Å². The van der Waals surface area contributed by atoms with E-state index in [1.807, 2.05) is 19.9 Å². The van der Waals surface area contributed by atoms with Crippen LogP contribution in [0.2, 0.25) is 0 Å². The Hall–Kier alpha value is -3.81. The molecule has 31 heavy (non-hydrogen) atoms. The minimum absolute atomic E-state index is 0.0243. The zero-order chi connectivity index (χ0) is 21.7. The number of anilines is 2. The summed E-state index contributed by atoms with van der Waals surface area (Å²) in [5.41, 5.74) is 8.99. The summed E-state index contributed by atoms with van der Waals surface area (Å²) in [6.45, 7) is 3.93. The Bertz CT molecular complexity index is 1300. The normalized spacial score (nSPS) is 20.0. The quantitative estimate of drug-likeness (QED) is 0.435. The molecule has 5 rings (SSSR count). The van der Waals surface area contributed by atoms with Crippen molar-refractivity contribution in [3.05, 3.63) is 66.4 Å². The third kappa shape index (κ3) is 3.20. The molecule has 1 aromatic carbocycles. The van der Waals surface area contributed by atoms with Gasteiger partial charge in [0.15, 0.2) is 5.82 Å². The SMILES string of the molecule is Cc1ccncc1-c1cc2cc(NC(=O)[C@H]3[C@H](C)[C@@H]3c3cnc[nH]3)ncc2c(N)c1F. The highest BCUT2D eigenvalue weighted by atomic mass is 19.1. The first-order valence-corrected chi connectivity index (χ1v) is 10.0. The molecule has 1 aliphatic rings. The number of nitrogens with one attached hydrogen (secondary N) is 2. The maximum atomic E-state index is 15.0. The van der Waals surface area contributed by atoms with Crippen LogP contribution < -0.4 is 11.1 Å². The summed E-state index contributed by atoms with van der Waals surface area (Å²) in [5, 5.41) is 4.08. The average Bonchev–Trinajstić information content (AvgIpc) is 3.16. The topological polar surface area (TPSA) is 110 Å². The number of pyridine rings is 2.